The molecule has 0 aliphatic heterocycles. The van der Waals surface area contributed by atoms with Crippen molar-refractivity contribution in [2.45, 2.75) is 53.1 Å². The minimum absolute atomic E-state index is 0. The Balaban J connectivity index is 0.00000484. The maximum absolute atomic E-state index is 5.07. The predicted molar refractivity (Wildman–Crippen MR) is 104 cm³/mol. The molecule has 23 heavy (non-hydrogen) atoms. The maximum atomic E-state index is 5.07. The first-order valence-electron chi connectivity index (χ1n) is 8.07. The number of nitrogens with zero attached hydrogens (tertiary/aromatic N) is 4. The third kappa shape index (κ3) is 9.09. The summed E-state index contributed by atoms with van der Waals surface area (Å²) in [4.78, 5) is 10.8. The van der Waals surface area contributed by atoms with Crippen LogP contribution < -0.4 is 10.6 Å². The monoisotopic (exact) mass is 438 g/mol. The number of aliphatic imine (C=N–C) groups is 1. The van der Waals surface area contributed by atoms with Gasteiger partial charge in [-0.2, -0.15) is 4.98 Å². The summed E-state index contributed by atoms with van der Waals surface area (Å²) in [5.41, 5.74) is 0. The van der Waals surface area contributed by atoms with E-state index in [1.165, 1.54) is 6.42 Å². The van der Waals surface area contributed by atoms with Crippen LogP contribution in [0.5, 0.6) is 0 Å². The van der Waals surface area contributed by atoms with Gasteiger partial charge in [-0.25, -0.2) is 0 Å². The van der Waals surface area contributed by atoms with Gasteiger partial charge in [-0.3, -0.25) is 4.99 Å². The molecule has 0 spiro atoms. The average Bonchev–Trinajstić information content (AvgIpc) is 2.93. The van der Waals surface area contributed by atoms with E-state index in [0.717, 1.165) is 32.0 Å². The van der Waals surface area contributed by atoms with Gasteiger partial charge in [0.1, 0.15) is 0 Å². The molecule has 1 heterocycles. The lowest BCUT2D eigenvalue weighted by atomic mass is 10.2. The Bertz CT molecular complexity index is 447. The van der Waals surface area contributed by atoms with Gasteiger partial charge < -0.3 is 20.1 Å². The quantitative estimate of drug-likeness (QED) is 0.350. The van der Waals surface area contributed by atoms with E-state index in [2.05, 4.69) is 51.4 Å². The second-order valence-electron chi connectivity index (χ2n) is 5.38. The number of guanidine groups is 1. The maximum Gasteiger partial charge on any atom is 0.246 e. The number of nitrogens with one attached hydrogen (secondary N) is 2. The van der Waals surface area contributed by atoms with Crippen LogP contribution in [-0.4, -0.2) is 53.7 Å². The molecule has 2 N–H and O–H groups in total. The summed E-state index contributed by atoms with van der Waals surface area (Å²) in [7, 11) is 1.76. The van der Waals surface area contributed by atoms with Crippen LogP contribution in [-0.2, 0) is 6.54 Å². The summed E-state index contributed by atoms with van der Waals surface area (Å²) in [6.07, 6.45) is 2.28. The van der Waals surface area contributed by atoms with Crippen molar-refractivity contribution >= 4 is 29.9 Å². The van der Waals surface area contributed by atoms with Crippen molar-refractivity contribution in [3.05, 3.63) is 11.7 Å². The van der Waals surface area contributed by atoms with Crippen LogP contribution in [0.25, 0.3) is 0 Å². The van der Waals surface area contributed by atoms with Crippen molar-refractivity contribution in [1.29, 1.82) is 0 Å². The Morgan fingerprint density at radius 3 is 2.57 bits per heavy atom. The summed E-state index contributed by atoms with van der Waals surface area (Å²) in [5.74, 6) is 1.96. The first kappa shape index (κ1) is 22.1. The van der Waals surface area contributed by atoms with Crippen LogP contribution in [0, 0.1) is 6.92 Å². The van der Waals surface area contributed by atoms with E-state index in [0.29, 0.717) is 24.3 Å². The largest absolute Gasteiger partial charge is 0.354 e. The fraction of sp³-hybridized carbons (Fsp3) is 0.800. The van der Waals surface area contributed by atoms with Gasteiger partial charge in [-0.05, 0) is 46.3 Å². The number of hydrogen-bond donors (Lipinski definition) is 2. The van der Waals surface area contributed by atoms with E-state index in [1.54, 1.807) is 14.0 Å². The van der Waals surface area contributed by atoms with Crippen LogP contribution in [0.2, 0.25) is 0 Å². The molecule has 0 aliphatic carbocycles. The topological polar surface area (TPSA) is 78.6 Å². The number of aromatic nitrogens is 2. The minimum Gasteiger partial charge on any atom is -0.354 e. The highest BCUT2D eigenvalue weighted by atomic mass is 127. The van der Waals surface area contributed by atoms with E-state index < -0.39 is 0 Å². The second kappa shape index (κ2) is 12.5. The molecule has 0 radical (unpaired) electrons. The fourth-order valence-corrected chi connectivity index (χ4v) is 2.23. The van der Waals surface area contributed by atoms with Gasteiger partial charge in [0.15, 0.2) is 11.8 Å². The van der Waals surface area contributed by atoms with Crippen LogP contribution in [0.1, 0.15) is 45.3 Å². The van der Waals surface area contributed by atoms with Crippen molar-refractivity contribution in [2.75, 3.05) is 26.7 Å². The molecular weight excluding hydrogens is 407 g/mol. The Morgan fingerprint density at radius 1 is 1.35 bits per heavy atom. The Morgan fingerprint density at radius 2 is 2.04 bits per heavy atom. The summed E-state index contributed by atoms with van der Waals surface area (Å²) in [5, 5.41) is 10.3. The van der Waals surface area contributed by atoms with Gasteiger partial charge in [-0.15, -0.1) is 24.0 Å². The van der Waals surface area contributed by atoms with Gasteiger partial charge >= 0.3 is 0 Å². The molecule has 0 saturated carbocycles. The molecule has 1 aromatic heterocycles. The van der Waals surface area contributed by atoms with Gasteiger partial charge in [0.2, 0.25) is 5.89 Å². The highest BCUT2D eigenvalue weighted by Gasteiger charge is 2.08. The van der Waals surface area contributed by atoms with Crippen molar-refractivity contribution in [2.24, 2.45) is 4.99 Å². The van der Waals surface area contributed by atoms with E-state index in [4.69, 9.17) is 4.52 Å². The lowest BCUT2D eigenvalue weighted by Crippen LogP contribution is -2.42. The number of hydrogen-bond acceptors (Lipinski definition) is 5. The van der Waals surface area contributed by atoms with E-state index in [9.17, 15) is 0 Å². The SMILES string of the molecule is CCN(CC)CCCC(C)NC(=NC)NCc1nc(C)no1.I. The number of halogens is 1. The molecule has 0 saturated heterocycles. The molecule has 134 valence electrons. The summed E-state index contributed by atoms with van der Waals surface area (Å²) in [6, 6.07) is 0.367. The molecule has 0 bridgehead atoms. The fourth-order valence-electron chi connectivity index (χ4n) is 2.23. The first-order chi connectivity index (χ1) is 10.6. The van der Waals surface area contributed by atoms with Crippen LogP contribution >= 0.6 is 24.0 Å². The Labute approximate surface area is 156 Å². The zero-order valence-corrected chi connectivity index (χ0v) is 17.3. The van der Waals surface area contributed by atoms with Crippen molar-refractivity contribution < 1.29 is 4.52 Å². The highest BCUT2D eigenvalue weighted by molar-refractivity contribution is 14.0. The normalized spacial score (nSPS) is 12.9. The van der Waals surface area contributed by atoms with Crippen LogP contribution in [0.15, 0.2) is 9.52 Å². The second-order valence-corrected chi connectivity index (χ2v) is 5.38. The Hall–Kier alpha value is -0.900. The molecule has 0 fully saturated rings. The third-order valence-corrected chi connectivity index (χ3v) is 3.59. The van der Waals surface area contributed by atoms with E-state index in [-0.39, 0.29) is 24.0 Å². The molecule has 0 aromatic carbocycles. The van der Waals surface area contributed by atoms with Gasteiger partial charge in [0.25, 0.3) is 0 Å². The van der Waals surface area contributed by atoms with Gasteiger partial charge in [-0.1, -0.05) is 19.0 Å². The highest BCUT2D eigenvalue weighted by Crippen LogP contribution is 2.00. The number of rotatable bonds is 9. The van der Waals surface area contributed by atoms with Gasteiger partial charge in [0, 0.05) is 13.1 Å². The first-order valence-corrected chi connectivity index (χ1v) is 8.07. The number of aryl methyl sites for hydroxylation is 1. The Kier molecular flexibility index (Phi) is 12.0. The smallest absolute Gasteiger partial charge is 0.246 e. The molecule has 1 unspecified atom stereocenters. The lowest BCUT2D eigenvalue weighted by molar-refractivity contribution is 0.292. The lowest BCUT2D eigenvalue weighted by Gasteiger charge is -2.21. The van der Waals surface area contributed by atoms with E-state index in [1.807, 2.05) is 0 Å². The van der Waals surface area contributed by atoms with Crippen molar-refractivity contribution in [3.8, 4) is 0 Å². The molecule has 7 nitrogen and oxygen atoms in total. The molecular formula is C15H31IN6O. The van der Waals surface area contributed by atoms with E-state index >= 15 is 0 Å². The zero-order valence-electron chi connectivity index (χ0n) is 14.9. The molecule has 0 amide bonds. The van der Waals surface area contributed by atoms with Crippen molar-refractivity contribution in [3.63, 3.8) is 0 Å². The molecule has 1 aromatic rings. The minimum atomic E-state index is 0. The molecule has 8 heteroatoms. The predicted octanol–water partition coefficient (Wildman–Crippen LogP) is 2.17. The van der Waals surface area contributed by atoms with Gasteiger partial charge in [0.05, 0.1) is 6.54 Å². The average molecular weight is 438 g/mol. The standard InChI is InChI=1S/C15H30N6O.HI/c1-6-21(7-2)10-8-9-12(3)18-15(16-5)17-11-14-19-13(4)20-22-14;/h12H,6-11H2,1-5H3,(H2,16,17,18);1H. The van der Waals surface area contributed by atoms with Crippen LogP contribution in [0.3, 0.4) is 0 Å². The summed E-state index contributed by atoms with van der Waals surface area (Å²) < 4.78 is 5.07. The third-order valence-electron chi connectivity index (χ3n) is 3.59. The molecule has 0 aliphatic rings. The summed E-state index contributed by atoms with van der Waals surface area (Å²) >= 11 is 0. The van der Waals surface area contributed by atoms with Crippen molar-refractivity contribution in [1.82, 2.24) is 25.7 Å². The molecule has 1 atom stereocenters. The molecule has 1 rings (SSSR count). The van der Waals surface area contributed by atoms with Crippen LogP contribution in [0.4, 0.5) is 0 Å². The summed E-state index contributed by atoms with van der Waals surface area (Å²) in [6.45, 7) is 12.2. The zero-order chi connectivity index (χ0) is 16.4.